The Labute approximate surface area is 227 Å². The van der Waals surface area contributed by atoms with Crippen molar-refractivity contribution in [1.29, 1.82) is 0 Å². The second-order valence-electron chi connectivity index (χ2n) is 10.5. The van der Waals surface area contributed by atoms with Gasteiger partial charge in [0.25, 0.3) is 0 Å². The van der Waals surface area contributed by atoms with Crippen LogP contribution in [0.2, 0.25) is 0 Å². The van der Waals surface area contributed by atoms with Crippen molar-refractivity contribution in [2.75, 3.05) is 63.4 Å². The first-order valence-electron chi connectivity index (χ1n) is 11.0. The summed E-state index contributed by atoms with van der Waals surface area (Å²) in [7, 11) is 15.6. The Hall–Kier alpha value is 0.408. The Morgan fingerprint density at radius 3 is 0.364 bits per heavy atom. The molecule has 0 aliphatic heterocycles. The van der Waals surface area contributed by atoms with Crippen molar-refractivity contribution in [2.45, 2.75) is 105 Å². The number of hydrogen-bond acceptors (Lipinski definition) is 0. The van der Waals surface area contributed by atoms with E-state index in [4.69, 9.17) is 5.73 Å². The summed E-state index contributed by atoms with van der Waals surface area (Å²) in [5, 5.41) is 23.1. The summed E-state index contributed by atoms with van der Waals surface area (Å²) in [4.78, 5) is 0. The maximum atomic E-state index is 5.75. The van der Waals surface area contributed by atoms with Gasteiger partial charge in [-0.25, -0.2) is 0 Å². The molecule has 0 unspecified atom stereocenters. The van der Waals surface area contributed by atoms with Crippen LogP contribution in [-0.4, -0.2) is 85.6 Å². The van der Waals surface area contributed by atoms with Crippen LogP contribution >= 0.6 is 0 Å². The van der Waals surface area contributed by atoms with Crippen LogP contribution in [0.4, 0.5) is 0 Å². The average Bonchev–Trinajstić information content (AvgIpc) is 2.64. The zero-order valence-corrected chi connectivity index (χ0v) is 28.6. The first-order chi connectivity index (χ1) is 14.1. The predicted molar refractivity (Wildman–Crippen MR) is 157 cm³/mol. The SMILES string of the molecule is C[N-]C.C[N-]C.C[N-]C(C)(C)C.C[N-]C(C)(C)C.C[N-]C(C)(C)C.C[N-]C(C)(C)C.C[NH-].[Mo]. The molecule has 212 valence electrons. The van der Waals surface area contributed by atoms with Gasteiger partial charge < -0.3 is 37.6 Å². The molecular weight excluding hydrogens is 494 g/mol. The van der Waals surface area contributed by atoms with Gasteiger partial charge in [0.15, 0.2) is 0 Å². The van der Waals surface area contributed by atoms with Crippen LogP contribution in [0.1, 0.15) is 83.1 Å². The van der Waals surface area contributed by atoms with Gasteiger partial charge in [-0.1, -0.05) is 83.1 Å². The monoisotopic (exact) mass is 560 g/mol. The average molecular weight is 559 g/mol. The van der Waals surface area contributed by atoms with E-state index in [1.54, 1.807) is 28.2 Å². The summed E-state index contributed by atoms with van der Waals surface area (Å²) < 4.78 is 0. The molecule has 0 saturated heterocycles. The van der Waals surface area contributed by atoms with E-state index < -0.39 is 0 Å². The maximum absolute atomic E-state index is 5.75. The molecule has 0 aliphatic carbocycles. The minimum atomic E-state index is 0. The Morgan fingerprint density at radius 2 is 0.364 bits per heavy atom. The van der Waals surface area contributed by atoms with Gasteiger partial charge in [0.1, 0.15) is 0 Å². The van der Waals surface area contributed by atoms with Crippen molar-refractivity contribution in [1.82, 2.24) is 0 Å². The Bertz CT molecular complexity index is 229. The van der Waals surface area contributed by atoms with Gasteiger partial charge in [-0.3, -0.25) is 0 Å². The third-order valence-electron chi connectivity index (χ3n) is 2.68. The molecule has 0 heterocycles. The molecule has 0 aliphatic rings. The summed E-state index contributed by atoms with van der Waals surface area (Å²) >= 11 is 0. The van der Waals surface area contributed by atoms with Crippen LogP contribution in [-0.2, 0) is 21.1 Å². The molecular formula is C25H64MoN7-7. The molecule has 0 fully saturated rings. The molecule has 0 amide bonds. The standard InChI is InChI=1S/4C5H12N.2C2H6N.CH4N.Mo/c4*1-5(2,3)6-4;2*1-3-2;1-2;/h4*1-4H3;2*1-2H3;2H,1H3;/q7*-1;. The van der Waals surface area contributed by atoms with Crippen LogP contribution in [0.5, 0.6) is 0 Å². The molecule has 1 N–H and O–H groups in total. The van der Waals surface area contributed by atoms with Gasteiger partial charge in [0.2, 0.25) is 0 Å². The maximum Gasteiger partial charge on any atom is 0 e. The van der Waals surface area contributed by atoms with E-state index in [1.807, 2.05) is 28.2 Å². The van der Waals surface area contributed by atoms with Crippen molar-refractivity contribution >= 4 is 0 Å². The van der Waals surface area contributed by atoms with E-state index in [1.165, 1.54) is 7.05 Å². The first kappa shape index (κ1) is 54.4. The summed E-state index contributed by atoms with van der Waals surface area (Å²) in [5.41, 5.74) is 6.42. The molecule has 0 saturated carbocycles. The predicted octanol–water partition coefficient (Wildman–Crippen LogP) is 9.06. The minimum Gasteiger partial charge on any atom is -0.680 e. The molecule has 0 bridgehead atoms. The molecule has 0 radical (unpaired) electrons. The molecule has 0 atom stereocenters. The van der Waals surface area contributed by atoms with E-state index in [9.17, 15) is 0 Å². The fourth-order valence-corrected chi connectivity index (χ4v) is 0. The van der Waals surface area contributed by atoms with E-state index in [0.717, 1.165) is 0 Å². The van der Waals surface area contributed by atoms with Crippen molar-refractivity contribution in [3.8, 4) is 0 Å². The molecule has 0 aromatic carbocycles. The number of nitrogens with one attached hydrogen (secondary N) is 1. The normalized spacial score (nSPS) is 10.0. The number of hydrogen-bond donors (Lipinski definition) is 0. The van der Waals surface area contributed by atoms with Crippen molar-refractivity contribution in [3.05, 3.63) is 37.6 Å². The van der Waals surface area contributed by atoms with E-state index in [-0.39, 0.29) is 43.2 Å². The van der Waals surface area contributed by atoms with Gasteiger partial charge in [0.05, 0.1) is 0 Å². The second kappa shape index (κ2) is 34.6. The molecule has 0 rings (SSSR count). The van der Waals surface area contributed by atoms with Crippen LogP contribution in [0.15, 0.2) is 0 Å². The van der Waals surface area contributed by atoms with Gasteiger partial charge in [-0.05, 0) is 0 Å². The van der Waals surface area contributed by atoms with Gasteiger partial charge in [0, 0.05) is 21.1 Å². The molecule has 0 aromatic heterocycles. The Kier molecular flexibility index (Phi) is 56.9. The molecule has 8 heteroatoms. The van der Waals surface area contributed by atoms with Crippen molar-refractivity contribution in [2.24, 2.45) is 0 Å². The van der Waals surface area contributed by atoms with Gasteiger partial charge in [-0.15, -0.1) is 22.2 Å². The van der Waals surface area contributed by atoms with E-state index in [2.05, 4.69) is 115 Å². The molecule has 0 aromatic rings. The van der Waals surface area contributed by atoms with Gasteiger partial charge in [-0.2, -0.15) is 63.4 Å². The number of rotatable bonds is 0. The van der Waals surface area contributed by atoms with Crippen LogP contribution in [0.3, 0.4) is 0 Å². The smallest absolute Gasteiger partial charge is 0 e. The fourth-order valence-electron chi connectivity index (χ4n) is 0. The molecule has 0 spiro atoms. The minimum absolute atomic E-state index is 0. The summed E-state index contributed by atoms with van der Waals surface area (Å²) in [5.74, 6) is 0. The topological polar surface area (TPSA) is 108 Å². The van der Waals surface area contributed by atoms with Crippen molar-refractivity contribution in [3.63, 3.8) is 0 Å². The second-order valence-corrected chi connectivity index (χ2v) is 10.5. The van der Waals surface area contributed by atoms with Crippen LogP contribution in [0.25, 0.3) is 37.6 Å². The largest absolute Gasteiger partial charge is 0.680 e. The molecule has 7 nitrogen and oxygen atoms in total. The zero-order valence-electron chi connectivity index (χ0n) is 26.6. The van der Waals surface area contributed by atoms with Crippen LogP contribution < -0.4 is 0 Å². The Balaban J connectivity index is -0.0000000378. The molecule has 33 heavy (non-hydrogen) atoms. The summed E-state index contributed by atoms with van der Waals surface area (Å²) in [6.07, 6.45) is 0. The third-order valence-corrected chi connectivity index (χ3v) is 2.68. The summed E-state index contributed by atoms with van der Waals surface area (Å²) in [6.45, 7) is 24.9. The van der Waals surface area contributed by atoms with Crippen LogP contribution in [0, 0.1) is 0 Å². The van der Waals surface area contributed by atoms with Gasteiger partial charge >= 0.3 is 0 Å². The first-order valence-corrected chi connectivity index (χ1v) is 11.0. The van der Waals surface area contributed by atoms with E-state index >= 15 is 0 Å². The fraction of sp³-hybridized carbons (Fsp3) is 1.00. The van der Waals surface area contributed by atoms with E-state index in [0.29, 0.717) is 0 Å². The zero-order chi connectivity index (χ0) is 28.2. The third kappa shape index (κ3) is 195. The number of nitrogens with zero attached hydrogens (tertiary/aromatic N) is 6. The Morgan fingerprint density at radius 1 is 0.333 bits per heavy atom. The summed E-state index contributed by atoms with van der Waals surface area (Å²) in [6, 6.07) is 0. The quantitative estimate of drug-likeness (QED) is 0.264. The van der Waals surface area contributed by atoms with Crippen molar-refractivity contribution < 1.29 is 21.1 Å².